The van der Waals surface area contributed by atoms with E-state index in [1.165, 1.54) is 5.70 Å². The maximum Gasteiger partial charge on any atom is 0.0212 e. The lowest BCUT2D eigenvalue weighted by Crippen LogP contribution is -2.23. The third kappa shape index (κ3) is 1.53. The molecular formula is C9H17N. The van der Waals surface area contributed by atoms with Crippen molar-refractivity contribution in [2.75, 3.05) is 6.54 Å². The highest BCUT2D eigenvalue weighted by Crippen LogP contribution is 2.29. The number of rotatable bonds is 0. The fourth-order valence-corrected chi connectivity index (χ4v) is 1.25. The molecule has 1 aliphatic heterocycles. The fourth-order valence-electron chi connectivity index (χ4n) is 1.25. The molecule has 1 unspecified atom stereocenters. The monoisotopic (exact) mass is 139 g/mol. The van der Waals surface area contributed by atoms with E-state index in [-0.39, 0.29) is 0 Å². The quantitative estimate of drug-likeness (QED) is 0.542. The normalized spacial score (nSPS) is 26.0. The van der Waals surface area contributed by atoms with Crippen molar-refractivity contribution in [2.45, 2.75) is 27.7 Å². The van der Waals surface area contributed by atoms with Gasteiger partial charge >= 0.3 is 0 Å². The van der Waals surface area contributed by atoms with Crippen LogP contribution in [0.15, 0.2) is 11.8 Å². The van der Waals surface area contributed by atoms with Crippen LogP contribution in [0.2, 0.25) is 0 Å². The molecule has 1 nitrogen and oxygen atoms in total. The number of allylic oxidation sites excluding steroid dienone is 1. The number of nitrogens with one attached hydrogen (secondary N) is 1. The summed E-state index contributed by atoms with van der Waals surface area (Å²) in [6, 6.07) is 0. The molecule has 10 heavy (non-hydrogen) atoms. The van der Waals surface area contributed by atoms with Gasteiger partial charge in [-0.05, 0) is 12.3 Å². The van der Waals surface area contributed by atoms with Crippen LogP contribution in [-0.2, 0) is 0 Å². The second-order valence-corrected chi connectivity index (χ2v) is 4.20. The van der Waals surface area contributed by atoms with Gasteiger partial charge in [0.05, 0.1) is 0 Å². The van der Waals surface area contributed by atoms with Crippen molar-refractivity contribution in [3.05, 3.63) is 11.8 Å². The van der Waals surface area contributed by atoms with Gasteiger partial charge in [-0.25, -0.2) is 0 Å². The lowest BCUT2D eigenvalue weighted by molar-refractivity contribution is 0.302. The van der Waals surface area contributed by atoms with E-state index in [2.05, 4.69) is 39.1 Å². The first kappa shape index (κ1) is 7.64. The number of hydrogen-bond donors (Lipinski definition) is 1. The first-order valence-electron chi connectivity index (χ1n) is 3.92. The molecule has 1 N–H and O–H groups in total. The minimum Gasteiger partial charge on any atom is -0.388 e. The van der Waals surface area contributed by atoms with Crippen LogP contribution < -0.4 is 5.32 Å². The van der Waals surface area contributed by atoms with Crippen LogP contribution in [0.25, 0.3) is 0 Å². The van der Waals surface area contributed by atoms with Crippen molar-refractivity contribution in [1.29, 1.82) is 0 Å². The van der Waals surface area contributed by atoms with E-state index in [4.69, 9.17) is 0 Å². The average Bonchev–Trinajstić information content (AvgIpc) is 2.11. The summed E-state index contributed by atoms with van der Waals surface area (Å²) in [5, 5.41) is 3.34. The van der Waals surface area contributed by atoms with Crippen molar-refractivity contribution < 1.29 is 0 Å². The van der Waals surface area contributed by atoms with Crippen LogP contribution in [0.3, 0.4) is 0 Å². The highest BCUT2D eigenvalue weighted by Gasteiger charge is 2.25. The Bertz CT molecular complexity index is 151. The minimum atomic E-state index is 0.421. The molecule has 1 aliphatic rings. The van der Waals surface area contributed by atoms with Crippen molar-refractivity contribution in [3.8, 4) is 0 Å². The van der Waals surface area contributed by atoms with E-state index in [1.807, 2.05) is 0 Å². The summed E-state index contributed by atoms with van der Waals surface area (Å²) in [5.74, 6) is 0.715. The molecule has 0 saturated carbocycles. The van der Waals surface area contributed by atoms with Crippen LogP contribution in [-0.4, -0.2) is 6.54 Å². The largest absolute Gasteiger partial charge is 0.388 e. The molecule has 0 aromatic heterocycles. The van der Waals surface area contributed by atoms with Crippen LogP contribution in [0, 0.1) is 11.3 Å². The van der Waals surface area contributed by atoms with Gasteiger partial charge in [-0.1, -0.05) is 26.8 Å². The second-order valence-electron chi connectivity index (χ2n) is 4.20. The second kappa shape index (κ2) is 2.30. The standard InChI is InChI=1S/C9H17N/c1-7-5-8(6-10-7)9(2,3)4/h5,8,10H,6H2,1-4H3. The highest BCUT2D eigenvalue weighted by atomic mass is 14.9. The molecular weight excluding hydrogens is 122 g/mol. The fraction of sp³-hybridized carbons (Fsp3) is 0.778. The Morgan fingerprint density at radius 1 is 1.50 bits per heavy atom. The predicted octanol–water partition coefficient (Wildman–Crippen LogP) is 2.16. The van der Waals surface area contributed by atoms with Crippen molar-refractivity contribution in [1.82, 2.24) is 5.32 Å². The molecule has 0 amide bonds. The van der Waals surface area contributed by atoms with E-state index in [0.717, 1.165) is 6.54 Å². The maximum atomic E-state index is 3.34. The van der Waals surface area contributed by atoms with Crippen molar-refractivity contribution in [3.63, 3.8) is 0 Å². The molecule has 0 aliphatic carbocycles. The molecule has 1 heterocycles. The molecule has 0 fully saturated rings. The summed E-state index contributed by atoms with van der Waals surface area (Å²) in [7, 11) is 0. The van der Waals surface area contributed by atoms with E-state index in [1.54, 1.807) is 0 Å². The zero-order valence-corrected chi connectivity index (χ0v) is 7.36. The van der Waals surface area contributed by atoms with Crippen LogP contribution >= 0.6 is 0 Å². The highest BCUT2D eigenvalue weighted by molar-refractivity contribution is 5.09. The molecule has 0 bridgehead atoms. The Morgan fingerprint density at radius 2 is 2.10 bits per heavy atom. The lowest BCUT2D eigenvalue weighted by atomic mass is 9.81. The molecule has 0 saturated heterocycles. The van der Waals surface area contributed by atoms with Crippen LogP contribution in [0.5, 0.6) is 0 Å². The molecule has 1 rings (SSSR count). The number of hydrogen-bond acceptors (Lipinski definition) is 1. The van der Waals surface area contributed by atoms with Crippen molar-refractivity contribution in [2.24, 2.45) is 11.3 Å². The third-order valence-corrected chi connectivity index (χ3v) is 2.16. The summed E-state index contributed by atoms with van der Waals surface area (Å²) in [4.78, 5) is 0. The maximum absolute atomic E-state index is 3.34. The smallest absolute Gasteiger partial charge is 0.0212 e. The van der Waals surface area contributed by atoms with E-state index >= 15 is 0 Å². The predicted molar refractivity (Wildman–Crippen MR) is 44.7 cm³/mol. The average molecular weight is 139 g/mol. The van der Waals surface area contributed by atoms with Crippen LogP contribution in [0.1, 0.15) is 27.7 Å². The summed E-state index contributed by atoms with van der Waals surface area (Å²) >= 11 is 0. The van der Waals surface area contributed by atoms with E-state index in [9.17, 15) is 0 Å². The Morgan fingerprint density at radius 3 is 2.30 bits per heavy atom. The Kier molecular flexibility index (Phi) is 1.76. The summed E-state index contributed by atoms with van der Waals surface area (Å²) < 4.78 is 0. The van der Waals surface area contributed by atoms with Gasteiger partial charge in [-0.15, -0.1) is 0 Å². The topological polar surface area (TPSA) is 12.0 Å². The first-order chi connectivity index (χ1) is 4.50. The molecule has 1 heteroatoms. The van der Waals surface area contributed by atoms with Gasteiger partial charge in [0.2, 0.25) is 0 Å². The minimum absolute atomic E-state index is 0.421. The van der Waals surface area contributed by atoms with Gasteiger partial charge in [-0.2, -0.15) is 0 Å². The summed E-state index contributed by atoms with van der Waals surface area (Å²) in [5.41, 5.74) is 1.75. The Balaban J connectivity index is 2.61. The van der Waals surface area contributed by atoms with E-state index in [0.29, 0.717) is 11.3 Å². The zero-order valence-electron chi connectivity index (χ0n) is 7.36. The van der Waals surface area contributed by atoms with E-state index < -0.39 is 0 Å². The Labute approximate surface area is 63.5 Å². The lowest BCUT2D eigenvalue weighted by Gasteiger charge is -2.24. The SMILES string of the molecule is CC1=CC(C(C)(C)C)CN1. The van der Waals surface area contributed by atoms with Gasteiger partial charge in [0.15, 0.2) is 0 Å². The first-order valence-corrected chi connectivity index (χ1v) is 3.92. The molecule has 1 atom stereocenters. The molecule has 0 spiro atoms. The molecule has 0 radical (unpaired) electrons. The Hall–Kier alpha value is -0.460. The molecule has 58 valence electrons. The van der Waals surface area contributed by atoms with Gasteiger partial charge in [0, 0.05) is 18.2 Å². The van der Waals surface area contributed by atoms with Crippen molar-refractivity contribution >= 4 is 0 Å². The van der Waals surface area contributed by atoms with Crippen LogP contribution in [0.4, 0.5) is 0 Å². The third-order valence-electron chi connectivity index (χ3n) is 2.16. The summed E-state index contributed by atoms with van der Waals surface area (Å²) in [6.45, 7) is 10.1. The van der Waals surface area contributed by atoms with Gasteiger partial charge < -0.3 is 5.32 Å². The van der Waals surface area contributed by atoms with Gasteiger partial charge in [0.1, 0.15) is 0 Å². The molecule has 0 aromatic rings. The van der Waals surface area contributed by atoms with Gasteiger partial charge in [0.25, 0.3) is 0 Å². The zero-order chi connectivity index (χ0) is 7.78. The molecule has 0 aromatic carbocycles. The summed E-state index contributed by atoms with van der Waals surface area (Å²) in [6.07, 6.45) is 2.33. The van der Waals surface area contributed by atoms with Gasteiger partial charge in [-0.3, -0.25) is 0 Å².